The number of piperazine rings is 1. The van der Waals surface area contributed by atoms with Gasteiger partial charge in [0.15, 0.2) is 0 Å². The van der Waals surface area contributed by atoms with Crippen molar-refractivity contribution in [3.8, 4) is 5.75 Å². The van der Waals surface area contributed by atoms with E-state index in [1.165, 1.54) is 19.3 Å². The number of amides is 1. The number of rotatable bonds is 3. The Morgan fingerprint density at radius 1 is 0.909 bits per heavy atom. The Balaban J connectivity index is 1.48. The van der Waals surface area contributed by atoms with E-state index >= 15 is 0 Å². The monoisotopic (exact) mass is 303 g/mol. The minimum Gasteiger partial charge on any atom is -0.508 e. The number of benzene rings is 1. The number of nitrogens with zero attached hydrogens (tertiary/aromatic N) is 3. The summed E-state index contributed by atoms with van der Waals surface area (Å²) in [7, 11) is 0. The number of aromatic hydroxyl groups is 1. The second-order valence-corrected chi connectivity index (χ2v) is 6.22. The van der Waals surface area contributed by atoms with Crippen LogP contribution in [0, 0.1) is 0 Å². The van der Waals surface area contributed by atoms with Crippen LogP contribution in [-0.4, -0.2) is 66.6 Å². The van der Waals surface area contributed by atoms with Crippen molar-refractivity contribution >= 4 is 11.6 Å². The number of phenolic OH excluding ortho intramolecular Hbond substituents is 1. The van der Waals surface area contributed by atoms with E-state index in [1.807, 2.05) is 17.0 Å². The third-order valence-electron chi connectivity index (χ3n) is 4.65. The average molecular weight is 303 g/mol. The summed E-state index contributed by atoms with van der Waals surface area (Å²) in [6.45, 7) is 6.01. The lowest BCUT2D eigenvalue weighted by Crippen LogP contribution is -2.51. The molecule has 0 saturated carbocycles. The Morgan fingerprint density at radius 2 is 1.55 bits per heavy atom. The largest absolute Gasteiger partial charge is 0.508 e. The van der Waals surface area contributed by atoms with Crippen molar-refractivity contribution in [3.63, 3.8) is 0 Å². The zero-order valence-corrected chi connectivity index (χ0v) is 13.1. The maximum atomic E-state index is 12.4. The van der Waals surface area contributed by atoms with Gasteiger partial charge >= 0.3 is 0 Å². The first-order valence-corrected chi connectivity index (χ1v) is 8.26. The molecule has 0 radical (unpaired) electrons. The molecule has 0 aliphatic carbocycles. The third-order valence-corrected chi connectivity index (χ3v) is 4.65. The van der Waals surface area contributed by atoms with Crippen LogP contribution < -0.4 is 4.90 Å². The maximum Gasteiger partial charge on any atom is 0.236 e. The van der Waals surface area contributed by atoms with Crippen molar-refractivity contribution in [2.45, 2.75) is 19.3 Å². The molecule has 5 heteroatoms. The third kappa shape index (κ3) is 3.71. The van der Waals surface area contributed by atoms with Crippen LogP contribution >= 0.6 is 0 Å². The van der Waals surface area contributed by atoms with Gasteiger partial charge in [0, 0.05) is 31.9 Å². The fourth-order valence-corrected chi connectivity index (χ4v) is 3.29. The summed E-state index contributed by atoms with van der Waals surface area (Å²) in [5.74, 6) is 0.561. The summed E-state index contributed by atoms with van der Waals surface area (Å²) in [5.41, 5.74) is 1.11. The van der Waals surface area contributed by atoms with E-state index in [2.05, 4.69) is 9.80 Å². The highest BCUT2D eigenvalue weighted by Gasteiger charge is 2.23. The number of piperidine rings is 1. The van der Waals surface area contributed by atoms with Gasteiger partial charge in [-0.05, 0) is 50.2 Å². The van der Waals surface area contributed by atoms with E-state index in [4.69, 9.17) is 0 Å². The molecule has 3 rings (SSSR count). The summed E-state index contributed by atoms with van der Waals surface area (Å²) in [6, 6.07) is 7.29. The Morgan fingerprint density at radius 3 is 2.18 bits per heavy atom. The van der Waals surface area contributed by atoms with Crippen LogP contribution in [-0.2, 0) is 4.79 Å². The summed E-state index contributed by atoms with van der Waals surface area (Å²) >= 11 is 0. The Kier molecular flexibility index (Phi) is 4.83. The summed E-state index contributed by atoms with van der Waals surface area (Å²) < 4.78 is 0. The molecule has 5 nitrogen and oxygen atoms in total. The van der Waals surface area contributed by atoms with Crippen molar-refractivity contribution < 1.29 is 9.90 Å². The van der Waals surface area contributed by atoms with Gasteiger partial charge in [-0.15, -0.1) is 0 Å². The lowest BCUT2D eigenvalue weighted by atomic mass is 10.1. The molecule has 2 saturated heterocycles. The van der Waals surface area contributed by atoms with Gasteiger partial charge in [-0.25, -0.2) is 0 Å². The van der Waals surface area contributed by atoms with Gasteiger partial charge in [-0.3, -0.25) is 9.69 Å². The molecule has 1 N–H and O–H groups in total. The van der Waals surface area contributed by atoms with Crippen LogP contribution in [0.15, 0.2) is 24.3 Å². The smallest absolute Gasteiger partial charge is 0.236 e. The molecule has 22 heavy (non-hydrogen) atoms. The highest BCUT2D eigenvalue weighted by atomic mass is 16.3. The molecule has 2 heterocycles. The molecule has 2 aliphatic heterocycles. The van der Waals surface area contributed by atoms with Crippen molar-refractivity contribution in [2.75, 3.05) is 50.7 Å². The van der Waals surface area contributed by atoms with Crippen LogP contribution in [0.2, 0.25) is 0 Å². The molecular formula is C17H25N3O2. The fraction of sp³-hybridized carbons (Fsp3) is 0.588. The van der Waals surface area contributed by atoms with Crippen molar-refractivity contribution in [1.82, 2.24) is 9.80 Å². The van der Waals surface area contributed by atoms with Crippen LogP contribution in [0.4, 0.5) is 5.69 Å². The number of hydrogen-bond acceptors (Lipinski definition) is 4. The predicted molar refractivity (Wildman–Crippen MR) is 87.2 cm³/mol. The summed E-state index contributed by atoms with van der Waals surface area (Å²) in [6.07, 6.45) is 3.75. The van der Waals surface area contributed by atoms with Gasteiger partial charge in [0.25, 0.3) is 0 Å². The number of likely N-dealkylation sites (tertiary alicyclic amines) is 1. The Labute approximate surface area is 132 Å². The molecule has 1 amide bonds. The first kappa shape index (κ1) is 15.2. The molecule has 0 atom stereocenters. The van der Waals surface area contributed by atoms with Crippen molar-refractivity contribution in [2.24, 2.45) is 0 Å². The standard InChI is InChI=1S/C17H25N3O2/c21-16-6-4-15(5-7-16)19-10-12-20(13-11-19)17(22)14-18-8-2-1-3-9-18/h4-7,21H,1-3,8-14H2. The van der Waals surface area contributed by atoms with Gasteiger partial charge in [-0.2, -0.15) is 0 Å². The van der Waals surface area contributed by atoms with Gasteiger partial charge in [0.05, 0.1) is 6.54 Å². The van der Waals surface area contributed by atoms with Crippen LogP contribution in [0.25, 0.3) is 0 Å². The van der Waals surface area contributed by atoms with E-state index in [9.17, 15) is 9.90 Å². The average Bonchev–Trinajstić information content (AvgIpc) is 2.57. The van der Waals surface area contributed by atoms with Crippen LogP contribution in [0.1, 0.15) is 19.3 Å². The number of anilines is 1. The number of carbonyl (C=O) groups excluding carboxylic acids is 1. The predicted octanol–water partition coefficient (Wildman–Crippen LogP) is 1.53. The number of hydrogen-bond donors (Lipinski definition) is 1. The van der Waals surface area contributed by atoms with Crippen molar-refractivity contribution in [1.29, 1.82) is 0 Å². The van der Waals surface area contributed by atoms with Gasteiger partial charge < -0.3 is 14.9 Å². The molecule has 1 aromatic carbocycles. The number of carbonyl (C=O) groups is 1. The minimum absolute atomic E-state index is 0.271. The fourth-order valence-electron chi connectivity index (χ4n) is 3.29. The SMILES string of the molecule is O=C(CN1CCCCC1)N1CCN(c2ccc(O)cc2)CC1. The zero-order chi connectivity index (χ0) is 15.4. The van der Waals surface area contributed by atoms with Crippen molar-refractivity contribution in [3.05, 3.63) is 24.3 Å². The lowest BCUT2D eigenvalue weighted by molar-refractivity contribution is -0.132. The van der Waals surface area contributed by atoms with E-state index in [1.54, 1.807) is 12.1 Å². The molecule has 2 fully saturated rings. The molecular weight excluding hydrogens is 278 g/mol. The van der Waals surface area contributed by atoms with Gasteiger partial charge in [-0.1, -0.05) is 6.42 Å². The van der Waals surface area contributed by atoms with Crippen LogP contribution in [0.5, 0.6) is 5.75 Å². The molecule has 120 valence electrons. The van der Waals surface area contributed by atoms with E-state index in [-0.39, 0.29) is 5.91 Å². The molecule has 0 bridgehead atoms. The van der Waals surface area contributed by atoms with E-state index in [0.29, 0.717) is 12.3 Å². The van der Waals surface area contributed by atoms with E-state index < -0.39 is 0 Å². The molecule has 0 aromatic heterocycles. The second-order valence-electron chi connectivity index (χ2n) is 6.22. The quantitative estimate of drug-likeness (QED) is 0.920. The minimum atomic E-state index is 0.271. The highest BCUT2D eigenvalue weighted by Crippen LogP contribution is 2.20. The molecule has 0 unspecified atom stereocenters. The first-order chi connectivity index (χ1) is 10.7. The van der Waals surface area contributed by atoms with Gasteiger partial charge in [0.1, 0.15) is 5.75 Å². The first-order valence-electron chi connectivity index (χ1n) is 8.26. The Bertz CT molecular complexity index is 489. The number of phenols is 1. The summed E-state index contributed by atoms with van der Waals surface area (Å²) in [4.78, 5) is 18.9. The van der Waals surface area contributed by atoms with E-state index in [0.717, 1.165) is 45.0 Å². The van der Waals surface area contributed by atoms with Gasteiger partial charge in [0.2, 0.25) is 5.91 Å². The Hall–Kier alpha value is -1.75. The summed E-state index contributed by atoms with van der Waals surface area (Å²) in [5, 5.41) is 9.35. The maximum absolute atomic E-state index is 12.4. The normalized spacial score (nSPS) is 20.2. The molecule has 1 aromatic rings. The highest BCUT2D eigenvalue weighted by molar-refractivity contribution is 5.78. The molecule has 0 spiro atoms. The van der Waals surface area contributed by atoms with Crippen LogP contribution in [0.3, 0.4) is 0 Å². The zero-order valence-electron chi connectivity index (χ0n) is 13.1. The molecule has 2 aliphatic rings. The topological polar surface area (TPSA) is 47.0 Å². The lowest BCUT2D eigenvalue weighted by Gasteiger charge is -2.37. The second kappa shape index (κ2) is 7.01.